The molecule has 94 valence electrons. The monoisotopic (exact) mass is 238 g/mol. The van der Waals surface area contributed by atoms with Gasteiger partial charge >= 0.3 is 0 Å². The molecule has 1 aliphatic carbocycles. The van der Waals surface area contributed by atoms with Gasteiger partial charge in [0.1, 0.15) is 11.3 Å². The van der Waals surface area contributed by atoms with Gasteiger partial charge in [0.2, 0.25) is 5.78 Å². The van der Waals surface area contributed by atoms with Crippen molar-refractivity contribution in [2.75, 3.05) is 7.11 Å². The van der Waals surface area contributed by atoms with E-state index in [-0.39, 0.29) is 5.78 Å². The molecule has 1 N–H and O–H groups in total. The summed E-state index contributed by atoms with van der Waals surface area (Å²) in [6, 6.07) is 0. The minimum absolute atomic E-state index is 0.269. The molecule has 0 saturated heterocycles. The molecule has 5 heteroatoms. The second-order valence-corrected chi connectivity index (χ2v) is 4.61. The molecular weight excluding hydrogens is 220 g/mol. The number of Topliss-reactive ketones (excluding diaryl/α,β-unsaturated/α-hetero) is 1. The number of nitrogens with zero attached hydrogens (tertiary/aromatic N) is 2. The number of ether oxygens (including phenoxy) is 1. The lowest BCUT2D eigenvalue weighted by molar-refractivity contribution is 0.0105. The molecule has 1 aromatic rings. The van der Waals surface area contributed by atoms with Gasteiger partial charge in [-0.05, 0) is 12.8 Å². The van der Waals surface area contributed by atoms with Gasteiger partial charge in [0, 0.05) is 7.05 Å². The van der Waals surface area contributed by atoms with E-state index in [0.717, 1.165) is 19.3 Å². The Bertz CT molecular complexity index is 419. The number of aryl methyl sites for hydroxylation is 1. The molecule has 0 unspecified atom stereocenters. The summed E-state index contributed by atoms with van der Waals surface area (Å²) in [7, 11) is 3.18. The molecule has 0 amide bonds. The first-order valence-corrected chi connectivity index (χ1v) is 5.91. The summed E-state index contributed by atoms with van der Waals surface area (Å²) in [4.78, 5) is 12.4. The first kappa shape index (κ1) is 12.1. The number of hydrogen-bond acceptors (Lipinski definition) is 4. The van der Waals surface area contributed by atoms with Crippen molar-refractivity contribution in [1.82, 2.24) is 9.78 Å². The number of aromatic nitrogens is 2. The number of methoxy groups -OCH3 is 1. The quantitative estimate of drug-likeness (QED) is 0.806. The summed E-state index contributed by atoms with van der Waals surface area (Å²) in [5.74, 6) is 0.158. The predicted octanol–water partition coefficient (Wildman–Crippen LogP) is 1.31. The SMILES string of the molecule is COc1cnn(C)c1C(=O)C1(O)CCCCC1. The van der Waals surface area contributed by atoms with Crippen LogP contribution in [0.3, 0.4) is 0 Å². The molecule has 0 aliphatic heterocycles. The number of ketones is 1. The zero-order valence-corrected chi connectivity index (χ0v) is 10.3. The minimum Gasteiger partial charge on any atom is -0.493 e. The second kappa shape index (κ2) is 4.49. The smallest absolute Gasteiger partial charge is 0.216 e. The van der Waals surface area contributed by atoms with Crippen molar-refractivity contribution in [2.45, 2.75) is 37.7 Å². The van der Waals surface area contributed by atoms with E-state index in [2.05, 4.69) is 5.10 Å². The Labute approximate surface area is 100 Å². The van der Waals surface area contributed by atoms with Crippen LogP contribution in [0.5, 0.6) is 5.75 Å². The molecule has 1 heterocycles. The fourth-order valence-electron chi connectivity index (χ4n) is 2.41. The third kappa shape index (κ3) is 2.07. The normalized spacial score (nSPS) is 19.0. The predicted molar refractivity (Wildman–Crippen MR) is 62.1 cm³/mol. The maximum Gasteiger partial charge on any atom is 0.216 e. The first-order valence-electron chi connectivity index (χ1n) is 5.91. The van der Waals surface area contributed by atoms with Gasteiger partial charge in [0.05, 0.1) is 13.3 Å². The van der Waals surface area contributed by atoms with E-state index < -0.39 is 5.60 Å². The Hall–Kier alpha value is -1.36. The van der Waals surface area contributed by atoms with E-state index in [0.29, 0.717) is 24.3 Å². The Morgan fingerprint density at radius 2 is 2.12 bits per heavy atom. The fourth-order valence-corrected chi connectivity index (χ4v) is 2.41. The van der Waals surface area contributed by atoms with E-state index in [4.69, 9.17) is 4.74 Å². The lowest BCUT2D eigenvalue weighted by Crippen LogP contribution is -2.41. The molecule has 1 saturated carbocycles. The average molecular weight is 238 g/mol. The topological polar surface area (TPSA) is 64.4 Å². The van der Waals surface area contributed by atoms with Crippen LogP contribution in [0.15, 0.2) is 6.20 Å². The van der Waals surface area contributed by atoms with Gasteiger partial charge in [-0.25, -0.2) is 0 Å². The van der Waals surface area contributed by atoms with Crippen LogP contribution in [0, 0.1) is 0 Å². The van der Waals surface area contributed by atoms with Crippen molar-refractivity contribution in [3.8, 4) is 5.75 Å². The highest BCUT2D eigenvalue weighted by Crippen LogP contribution is 2.33. The molecule has 0 radical (unpaired) electrons. The van der Waals surface area contributed by atoms with Crippen molar-refractivity contribution in [2.24, 2.45) is 7.05 Å². The molecule has 2 rings (SSSR count). The lowest BCUT2D eigenvalue weighted by atomic mass is 9.80. The van der Waals surface area contributed by atoms with Crippen LogP contribution in [-0.4, -0.2) is 33.4 Å². The van der Waals surface area contributed by atoms with Gasteiger partial charge in [-0.2, -0.15) is 5.10 Å². The highest BCUT2D eigenvalue weighted by Gasteiger charge is 2.40. The molecule has 1 aliphatic rings. The Balaban J connectivity index is 2.32. The van der Waals surface area contributed by atoms with E-state index in [1.54, 1.807) is 7.05 Å². The Morgan fingerprint density at radius 3 is 2.71 bits per heavy atom. The molecule has 5 nitrogen and oxygen atoms in total. The van der Waals surface area contributed by atoms with Gasteiger partial charge in [-0.15, -0.1) is 0 Å². The first-order chi connectivity index (χ1) is 8.08. The van der Waals surface area contributed by atoms with E-state index >= 15 is 0 Å². The molecule has 1 fully saturated rings. The van der Waals surface area contributed by atoms with Gasteiger partial charge in [0.15, 0.2) is 5.75 Å². The molecule has 0 spiro atoms. The van der Waals surface area contributed by atoms with Crippen LogP contribution < -0.4 is 4.74 Å². The lowest BCUT2D eigenvalue weighted by Gasteiger charge is -2.30. The zero-order chi connectivity index (χ0) is 12.5. The molecule has 0 aromatic carbocycles. The third-order valence-corrected chi connectivity index (χ3v) is 3.44. The van der Waals surface area contributed by atoms with Crippen LogP contribution in [0.2, 0.25) is 0 Å². The van der Waals surface area contributed by atoms with Crippen molar-refractivity contribution in [3.63, 3.8) is 0 Å². The van der Waals surface area contributed by atoms with Crippen LogP contribution >= 0.6 is 0 Å². The standard InChI is InChI=1S/C12H18N2O3/c1-14-10(9(17-2)8-13-14)11(15)12(16)6-4-3-5-7-12/h8,16H,3-7H2,1-2H3. The highest BCUT2D eigenvalue weighted by atomic mass is 16.5. The molecular formula is C12H18N2O3. The number of aliphatic hydroxyl groups is 1. The number of carbonyl (C=O) groups is 1. The fraction of sp³-hybridized carbons (Fsp3) is 0.667. The summed E-state index contributed by atoms with van der Waals surface area (Å²) in [5.41, 5.74) is -0.879. The van der Waals surface area contributed by atoms with Gasteiger partial charge in [-0.3, -0.25) is 9.48 Å². The largest absolute Gasteiger partial charge is 0.493 e. The van der Waals surface area contributed by atoms with Crippen LogP contribution in [0.25, 0.3) is 0 Å². The summed E-state index contributed by atoms with van der Waals surface area (Å²) in [6.07, 6.45) is 5.42. The van der Waals surface area contributed by atoms with Crippen molar-refractivity contribution in [3.05, 3.63) is 11.9 Å². The maximum atomic E-state index is 12.4. The summed E-state index contributed by atoms with van der Waals surface area (Å²) in [5, 5.41) is 14.4. The molecule has 0 atom stereocenters. The molecule has 1 aromatic heterocycles. The number of carbonyl (C=O) groups excluding carboxylic acids is 1. The van der Waals surface area contributed by atoms with E-state index in [9.17, 15) is 9.90 Å². The van der Waals surface area contributed by atoms with Gasteiger partial charge in [0.25, 0.3) is 0 Å². The van der Waals surface area contributed by atoms with Gasteiger partial charge < -0.3 is 9.84 Å². The van der Waals surface area contributed by atoms with Crippen LogP contribution in [0.4, 0.5) is 0 Å². The van der Waals surface area contributed by atoms with Crippen LogP contribution in [0.1, 0.15) is 42.6 Å². The van der Waals surface area contributed by atoms with Crippen molar-refractivity contribution < 1.29 is 14.6 Å². The average Bonchev–Trinajstić information content (AvgIpc) is 2.70. The Kier molecular flexibility index (Phi) is 3.19. The maximum absolute atomic E-state index is 12.4. The highest BCUT2D eigenvalue weighted by molar-refractivity contribution is 6.03. The number of rotatable bonds is 3. The minimum atomic E-state index is -1.24. The molecule has 17 heavy (non-hydrogen) atoms. The zero-order valence-electron chi connectivity index (χ0n) is 10.3. The summed E-state index contributed by atoms with van der Waals surface area (Å²) < 4.78 is 6.57. The molecule has 0 bridgehead atoms. The second-order valence-electron chi connectivity index (χ2n) is 4.61. The van der Waals surface area contributed by atoms with E-state index in [1.807, 2.05) is 0 Å². The van der Waals surface area contributed by atoms with Crippen molar-refractivity contribution in [1.29, 1.82) is 0 Å². The third-order valence-electron chi connectivity index (χ3n) is 3.44. The van der Waals surface area contributed by atoms with Crippen LogP contribution in [-0.2, 0) is 7.05 Å². The summed E-state index contributed by atoms with van der Waals surface area (Å²) >= 11 is 0. The van der Waals surface area contributed by atoms with Gasteiger partial charge in [-0.1, -0.05) is 19.3 Å². The van der Waals surface area contributed by atoms with E-state index in [1.165, 1.54) is 18.0 Å². The Morgan fingerprint density at radius 1 is 1.47 bits per heavy atom. The van der Waals surface area contributed by atoms with Crippen molar-refractivity contribution >= 4 is 5.78 Å². The number of hydrogen-bond donors (Lipinski definition) is 1. The summed E-state index contributed by atoms with van der Waals surface area (Å²) in [6.45, 7) is 0.